The van der Waals surface area contributed by atoms with Crippen LogP contribution in [0.25, 0.3) is 31.8 Å². The highest BCUT2D eigenvalue weighted by Gasteiger charge is 2.28. The number of nitrogens with zero attached hydrogens (tertiary/aromatic N) is 4. The normalized spacial score (nSPS) is 18.4. The molecule has 0 saturated heterocycles. The Morgan fingerprint density at radius 1 is 1.19 bits per heavy atom. The fourth-order valence-electron chi connectivity index (χ4n) is 3.78. The van der Waals surface area contributed by atoms with Crippen LogP contribution in [0.15, 0.2) is 30.5 Å². The Balaban J connectivity index is 1.60. The zero-order chi connectivity index (χ0) is 21.5. The third-order valence-electron chi connectivity index (χ3n) is 5.33. The predicted molar refractivity (Wildman–Crippen MR) is 114 cm³/mol. The second kappa shape index (κ2) is 7.72. The first kappa shape index (κ1) is 19.6. The average molecular weight is 436 g/mol. The number of ether oxygens (including phenoxy) is 2. The van der Waals surface area contributed by atoms with Gasteiger partial charge in [-0.1, -0.05) is 0 Å². The van der Waals surface area contributed by atoms with Crippen molar-refractivity contribution in [2.45, 2.75) is 31.5 Å². The van der Waals surface area contributed by atoms with E-state index in [1.807, 2.05) is 0 Å². The number of methoxy groups -OCH3 is 1. The summed E-state index contributed by atoms with van der Waals surface area (Å²) in [6.07, 6.45) is 2.73. The number of nitriles is 1. The van der Waals surface area contributed by atoms with E-state index in [2.05, 4.69) is 21.0 Å². The van der Waals surface area contributed by atoms with E-state index in [0.29, 0.717) is 51.4 Å². The van der Waals surface area contributed by atoms with E-state index in [4.69, 9.17) is 9.47 Å². The number of hydrogen-bond donors (Lipinski definition) is 1. The smallest absolute Gasteiger partial charge is 0.232 e. The maximum Gasteiger partial charge on any atom is 0.232 e. The van der Waals surface area contributed by atoms with Crippen molar-refractivity contribution in [3.63, 3.8) is 0 Å². The van der Waals surface area contributed by atoms with Crippen molar-refractivity contribution < 1.29 is 19.0 Å². The molecule has 0 radical (unpaired) electrons. The minimum absolute atomic E-state index is 0.105. The van der Waals surface area contributed by atoms with E-state index in [-0.39, 0.29) is 5.75 Å². The van der Waals surface area contributed by atoms with Crippen LogP contribution < -0.4 is 9.47 Å². The third kappa shape index (κ3) is 3.54. The second-order valence-corrected chi connectivity index (χ2v) is 8.37. The molecular weight excluding hydrogens is 419 g/mol. The molecule has 0 bridgehead atoms. The lowest BCUT2D eigenvalue weighted by molar-refractivity contribution is 0.0580. The van der Waals surface area contributed by atoms with Crippen LogP contribution in [0, 0.1) is 17.1 Å². The van der Waals surface area contributed by atoms with Crippen LogP contribution in [0.1, 0.15) is 24.8 Å². The molecule has 1 N–H and O–H groups in total. The maximum absolute atomic E-state index is 14.6. The van der Waals surface area contributed by atoms with E-state index in [9.17, 15) is 14.8 Å². The van der Waals surface area contributed by atoms with Gasteiger partial charge >= 0.3 is 0 Å². The van der Waals surface area contributed by atoms with Crippen molar-refractivity contribution in [1.82, 2.24) is 15.0 Å². The van der Waals surface area contributed by atoms with Crippen LogP contribution in [0.2, 0.25) is 0 Å². The van der Waals surface area contributed by atoms with Gasteiger partial charge in [0.05, 0.1) is 52.3 Å². The zero-order valence-corrected chi connectivity index (χ0v) is 17.3. The van der Waals surface area contributed by atoms with Gasteiger partial charge in [0.1, 0.15) is 11.1 Å². The highest BCUT2D eigenvalue weighted by molar-refractivity contribution is 7.21. The van der Waals surface area contributed by atoms with Gasteiger partial charge in [-0.2, -0.15) is 5.26 Å². The van der Waals surface area contributed by atoms with Crippen LogP contribution >= 0.6 is 11.3 Å². The molecule has 2 heterocycles. The monoisotopic (exact) mass is 436 g/mol. The maximum atomic E-state index is 14.6. The van der Waals surface area contributed by atoms with Crippen LogP contribution in [-0.4, -0.2) is 39.4 Å². The third-order valence-corrected chi connectivity index (χ3v) is 6.38. The molecule has 1 aliphatic rings. The number of benzene rings is 2. The largest absolute Gasteiger partial charge is 0.485 e. The van der Waals surface area contributed by atoms with Gasteiger partial charge in [-0.3, -0.25) is 0 Å². The molecule has 0 aliphatic heterocycles. The molecule has 7 nitrogen and oxygen atoms in total. The molecule has 2 atom stereocenters. The molecular formula is C22H17FN4O3S. The summed E-state index contributed by atoms with van der Waals surface area (Å²) in [5, 5.41) is 20.0. The summed E-state index contributed by atoms with van der Waals surface area (Å²) in [7, 11) is 1.50. The van der Waals surface area contributed by atoms with E-state index >= 15 is 0 Å². The number of thiazole rings is 1. The van der Waals surface area contributed by atoms with Crippen LogP contribution in [0.5, 0.6) is 11.6 Å². The lowest BCUT2D eigenvalue weighted by Gasteiger charge is -2.17. The summed E-state index contributed by atoms with van der Waals surface area (Å²) in [6, 6.07) is 8.41. The highest BCUT2D eigenvalue weighted by atomic mass is 32.1. The van der Waals surface area contributed by atoms with Crippen LogP contribution in [0.4, 0.5) is 4.39 Å². The molecule has 0 amide bonds. The van der Waals surface area contributed by atoms with Crippen molar-refractivity contribution in [3.8, 4) is 28.3 Å². The Bertz CT molecular complexity index is 1350. The SMILES string of the molecule is COc1cnc2c(-c3nc4cc(F)c(O[C@@H]5CCC[C@@H]5O)cc4s3)cc(C#N)cc2n1. The molecule has 2 aromatic heterocycles. The van der Waals surface area contributed by atoms with E-state index in [1.54, 1.807) is 18.2 Å². The van der Waals surface area contributed by atoms with Gasteiger partial charge in [-0.05, 0) is 31.4 Å². The zero-order valence-electron chi connectivity index (χ0n) is 16.5. The molecule has 1 saturated carbocycles. The minimum atomic E-state index is -0.581. The van der Waals surface area contributed by atoms with Gasteiger partial charge in [0.15, 0.2) is 11.6 Å². The Hall–Kier alpha value is -3.35. The molecule has 31 heavy (non-hydrogen) atoms. The van der Waals surface area contributed by atoms with Gasteiger partial charge in [0.2, 0.25) is 5.88 Å². The summed E-state index contributed by atoms with van der Waals surface area (Å²) in [5.41, 5.74) is 2.62. The summed E-state index contributed by atoms with van der Waals surface area (Å²) in [4.78, 5) is 13.4. The highest BCUT2D eigenvalue weighted by Crippen LogP contribution is 2.37. The lowest BCUT2D eigenvalue weighted by Crippen LogP contribution is -2.25. The van der Waals surface area contributed by atoms with Gasteiger partial charge < -0.3 is 14.6 Å². The second-order valence-electron chi connectivity index (χ2n) is 7.34. The molecule has 9 heteroatoms. The number of fused-ring (bicyclic) bond motifs is 2. The number of halogens is 1. The summed E-state index contributed by atoms with van der Waals surface area (Å²) >= 11 is 1.35. The number of rotatable bonds is 4. The molecule has 0 spiro atoms. The minimum Gasteiger partial charge on any atom is -0.485 e. The van der Waals surface area contributed by atoms with Crippen molar-refractivity contribution >= 4 is 32.6 Å². The summed E-state index contributed by atoms with van der Waals surface area (Å²) in [5.74, 6) is -0.0757. The van der Waals surface area contributed by atoms with Gasteiger partial charge in [-0.25, -0.2) is 19.3 Å². The van der Waals surface area contributed by atoms with Crippen molar-refractivity contribution in [2.75, 3.05) is 7.11 Å². The Morgan fingerprint density at radius 2 is 2.06 bits per heavy atom. The Morgan fingerprint density at radius 3 is 2.81 bits per heavy atom. The quantitative estimate of drug-likeness (QED) is 0.511. The first-order valence-corrected chi connectivity index (χ1v) is 10.6. The fraction of sp³-hybridized carbons (Fsp3) is 0.273. The van der Waals surface area contributed by atoms with Crippen molar-refractivity contribution in [1.29, 1.82) is 5.26 Å². The van der Waals surface area contributed by atoms with E-state index < -0.39 is 18.0 Å². The summed E-state index contributed by atoms with van der Waals surface area (Å²) in [6.45, 7) is 0. The topological polar surface area (TPSA) is 101 Å². The number of aromatic nitrogens is 3. The first-order valence-electron chi connectivity index (χ1n) is 9.76. The van der Waals surface area contributed by atoms with Gasteiger partial charge in [-0.15, -0.1) is 11.3 Å². The molecule has 1 fully saturated rings. The number of aliphatic hydroxyl groups is 1. The van der Waals surface area contributed by atoms with Crippen molar-refractivity contribution in [3.05, 3.63) is 41.8 Å². The number of aliphatic hydroxyl groups excluding tert-OH is 1. The molecule has 5 rings (SSSR count). The number of hydrogen-bond acceptors (Lipinski definition) is 8. The molecule has 0 unspecified atom stereocenters. The Labute approximate surface area is 180 Å². The van der Waals surface area contributed by atoms with Gasteiger partial charge in [0.25, 0.3) is 0 Å². The first-order chi connectivity index (χ1) is 15.1. The lowest BCUT2D eigenvalue weighted by atomic mass is 10.1. The van der Waals surface area contributed by atoms with E-state index in [1.165, 1.54) is 30.7 Å². The van der Waals surface area contributed by atoms with Gasteiger partial charge in [0, 0.05) is 17.7 Å². The molecule has 156 valence electrons. The van der Waals surface area contributed by atoms with E-state index in [0.717, 1.165) is 11.1 Å². The van der Waals surface area contributed by atoms with Crippen molar-refractivity contribution in [2.24, 2.45) is 0 Å². The predicted octanol–water partition coefficient (Wildman–Crippen LogP) is 4.22. The summed E-state index contributed by atoms with van der Waals surface area (Å²) < 4.78 is 26.3. The average Bonchev–Trinajstić information content (AvgIpc) is 3.38. The Kier molecular flexibility index (Phi) is 4.88. The van der Waals surface area contributed by atoms with Crippen LogP contribution in [-0.2, 0) is 0 Å². The standard InChI is InChI=1S/C22H17FN4O3S/c1-29-20-10-25-21-12(5-11(9-24)6-15(21)26-20)22-27-14-7-13(23)18(8-19(14)31-22)30-17-4-2-3-16(17)28/h5-8,10,16-17,28H,2-4H2,1H3/t16-,17+/m0/s1. The molecule has 1 aliphatic carbocycles. The fourth-order valence-corrected chi connectivity index (χ4v) is 4.77. The van der Waals surface area contributed by atoms with Crippen LogP contribution in [0.3, 0.4) is 0 Å². The molecule has 4 aromatic rings. The molecule has 2 aromatic carbocycles.